The molecule has 1 saturated carbocycles. The van der Waals surface area contributed by atoms with Gasteiger partial charge in [0.2, 0.25) is 11.8 Å². The Labute approximate surface area is 182 Å². The molecule has 166 valence electrons. The Morgan fingerprint density at radius 2 is 1.81 bits per heavy atom. The third kappa shape index (κ3) is 4.06. The largest absolute Gasteiger partial charge is 0.489 e. The van der Waals surface area contributed by atoms with E-state index in [1.165, 1.54) is 12.8 Å². The molecule has 1 aromatic carbocycles. The third-order valence-electron chi connectivity index (χ3n) is 7.07. The molecule has 4 aliphatic rings. The van der Waals surface area contributed by atoms with Crippen LogP contribution in [0.5, 0.6) is 5.75 Å². The minimum atomic E-state index is -0.586. The second-order valence-corrected chi connectivity index (χ2v) is 9.01. The highest BCUT2D eigenvalue weighted by molar-refractivity contribution is 6.05. The first kappa shape index (κ1) is 20.5. The fraction of sp³-hybridized carbons (Fsp3) is 0.609. The first-order valence-corrected chi connectivity index (χ1v) is 11.5. The van der Waals surface area contributed by atoms with Crippen LogP contribution >= 0.6 is 0 Å². The molecule has 2 N–H and O–H groups in total. The normalized spacial score (nSPS) is 29.6. The van der Waals surface area contributed by atoms with Crippen molar-refractivity contribution in [2.24, 2.45) is 0 Å². The monoisotopic (exact) mass is 426 g/mol. The highest BCUT2D eigenvalue weighted by Crippen LogP contribution is 2.32. The zero-order valence-electron chi connectivity index (χ0n) is 17.8. The summed E-state index contributed by atoms with van der Waals surface area (Å²) in [4.78, 5) is 40.7. The quantitative estimate of drug-likeness (QED) is 0.700. The number of carbonyl (C=O) groups is 3. The summed E-state index contributed by atoms with van der Waals surface area (Å²) in [5.41, 5.74) is 1.51. The lowest BCUT2D eigenvalue weighted by Crippen LogP contribution is -2.54. The SMILES string of the molecule is O=C1CCC(N2Cc3cc(O[C@H]4CCCC[C@@H]4N4CCNCC4)ccc3C2=O)C(=O)N1. The van der Waals surface area contributed by atoms with Crippen LogP contribution in [0.15, 0.2) is 18.2 Å². The van der Waals surface area contributed by atoms with E-state index in [1.54, 1.807) is 4.90 Å². The van der Waals surface area contributed by atoms with Gasteiger partial charge in [0.15, 0.2) is 0 Å². The maximum absolute atomic E-state index is 12.9. The molecule has 8 heteroatoms. The molecule has 0 radical (unpaired) electrons. The first-order valence-electron chi connectivity index (χ1n) is 11.5. The van der Waals surface area contributed by atoms with Crippen molar-refractivity contribution in [3.63, 3.8) is 0 Å². The van der Waals surface area contributed by atoms with Gasteiger partial charge in [0.1, 0.15) is 17.9 Å². The van der Waals surface area contributed by atoms with Crippen molar-refractivity contribution < 1.29 is 19.1 Å². The molecule has 2 saturated heterocycles. The number of carbonyl (C=O) groups excluding carboxylic acids is 3. The van der Waals surface area contributed by atoms with Gasteiger partial charge in [-0.1, -0.05) is 6.42 Å². The van der Waals surface area contributed by atoms with E-state index < -0.39 is 6.04 Å². The molecule has 1 aromatic rings. The molecule has 3 fully saturated rings. The van der Waals surface area contributed by atoms with Gasteiger partial charge < -0.3 is 15.0 Å². The van der Waals surface area contributed by atoms with E-state index in [-0.39, 0.29) is 30.2 Å². The average Bonchev–Trinajstić information content (AvgIpc) is 3.10. The van der Waals surface area contributed by atoms with E-state index >= 15 is 0 Å². The lowest BCUT2D eigenvalue weighted by molar-refractivity contribution is -0.136. The fourth-order valence-electron chi connectivity index (χ4n) is 5.45. The van der Waals surface area contributed by atoms with Gasteiger partial charge in [-0.2, -0.15) is 0 Å². The van der Waals surface area contributed by atoms with Crippen molar-refractivity contribution >= 4 is 17.7 Å². The minimum absolute atomic E-state index is 0.146. The number of ether oxygens (including phenoxy) is 1. The molecule has 0 aromatic heterocycles. The van der Waals surface area contributed by atoms with Gasteiger partial charge in [0.05, 0.1) is 0 Å². The van der Waals surface area contributed by atoms with Gasteiger partial charge in [-0.15, -0.1) is 0 Å². The number of rotatable bonds is 4. The van der Waals surface area contributed by atoms with Gasteiger partial charge in [0, 0.05) is 50.7 Å². The highest BCUT2D eigenvalue weighted by Gasteiger charge is 2.39. The molecule has 3 amide bonds. The zero-order valence-corrected chi connectivity index (χ0v) is 17.8. The Bertz CT molecular complexity index is 882. The van der Waals surface area contributed by atoms with E-state index in [2.05, 4.69) is 15.5 Å². The van der Waals surface area contributed by atoms with Gasteiger partial charge in [0.25, 0.3) is 5.91 Å². The molecule has 3 aliphatic heterocycles. The van der Waals surface area contributed by atoms with Crippen LogP contribution in [-0.2, 0) is 16.1 Å². The molecule has 3 heterocycles. The summed E-state index contributed by atoms with van der Waals surface area (Å²) in [6.45, 7) is 4.55. The average molecular weight is 427 g/mol. The minimum Gasteiger partial charge on any atom is -0.489 e. The molecular formula is C23H30N4O4. The van der Waals surface area contributed by atoms with E-state index in [0.717, 1.165) is 50.3 Å². The number of imide groups is 1. The Hall–Kier alpha value is -2.45. The summed E-state index contributed by atoms with van der Waals surface area (Å²) in [6, 6.07) is 5.51. The van der Waals surface area contributed by atoms with Crippen LogP contribution in [0.2, 0.25) is 0 Å². The maximum Gasteiger partial charge on any atom is 0.255 e. The van der Waals surface area contributed by atoms with Crippen molar-refractivity contribution in [3.8, 4) is 5.75 Å². The predicted octanol–water partition coefficient (Wildman–Crippen LogP) is 1.04. The number of hydrogen-bond acceptors (Lipinski definition) is 6. The number of hydrogen-bond donors (Lipinski definition) is 2. The number of nitrogens with zero attached hydrogens (tertiary/aromatic N) is 2. The number of nitrogens with one attached hydrogen (secondary N) is 2. The first-order chi connectivity index (χ1) is 15.1. The lowest BCUT2D eigenvalue weighted by atomic mass is 9.90. The summed E-state index contributed by atoms with van der Waals surface area (Å²) in [6.07, 6.45) is 5.44. The Morgan fingerprint density at radius 3 is 2.61 bits per heavy atom. The predicted molar refractivity (Wildman–Crippen MR) is 114 cm³/mol. The number of amides is 3. The topological polar surface area (TPSA) is 91.0 Å². The Kier molecular flexibility index (Phi) is 5.67. The second-order valence-electron chi connectivity index (χ2n) is 9.01. The van der Waals surface area contributed by atoms with Crippen molar-refractivity contribution in [1.29, 1.82) is 0 Å². The zero-order chi connectivity index (χ0) is 21.4. The number of piperidine rings is 1. The molecular weight excluding hydrogens is 396 g/mol. The summed E-state index contributed by atoms with van der Waals surface area (Å²) in [7, 11) is 0. The standard InChI is InChI=1S/C23H30N4O4/c28-21-8-7-19(22(29)25-21)27-14-15-13-16(5-6-17(15)23(27)30)31-20-4-2-1-3-18(20)26-11-9-24-10-12-26/h5-6,13,18-20,24H,1-4,7-12,14H2,(H,25,28,29)/t18-,19?,20-/m0/s1. The van der Waals surface area contributed by atoms with E-state index in [9.17, 15) is 14.4 Å². The molecule has 8 nitrogen and oxygen atoms in total. The molecule has 1 unspecified atom stereocenters. The Balaban J connectivity index is 1.29. The lowest BCUT2D eigenvalue weighted by Gasteiger charge is -2.41. The second kappa shape index (κ2) is 8.59. The van der Waals surface area contributed by atoms with Gasteiger partial charge >= 0.3 is 0 Å². The summed E-state index contributed by atoms with van der Waals surface area (Å²) in [5.74, 6) is -0.00122. The van der Waals surface area contributed by atoms with Crippen molar-refractivity contribution in [1.82, 2.24) is 20.4 Å². The van der Waals surface area contributed by atoms with Crippen molar-refractivity contribution in [3.05, 3.63) is 29.3 Å². The van der Waals surface area contributed by atoms with Crippen LogP contribution in [0.3, 0.4) is 0 Å². The number of piperazine rings is 1. The molecule has 31 heavy (non-hydrogen) atoms. The Morgan fingerprint density at radius 1 is 1.00 bits per heavy atom. The molecule has 3 atom stereocenters. The number of benzene rings is 1. The molecule has 1 aliphatic carbocycles. The molecule has 0 bridgehead atoms. The van der Waals surface area contributed by atoms with Crippen LogP contribution in [0, 0.1) is 0 Å². The maximum atomic E-state index is 12.9. The van der Waals surface area contributed by atoms with Crippen LogP contribution in [0.1, 0.15) is 54.4 Å². The third-order valence-corrected chi connectivity index (χ3v) is 7.07. The van der Waals surface area contributed by atoms with Gasteiger partial charge in [-0.3, -0.25) is 24.6 Å². The fourth-order valence-corrected chi connectivity index (χ4v) is 5.45. The summed E-state index contributed by atoms with van der Waals surface area (Å²) < 4.78 is 6.48. The van der Waals surface area contributed by atoms with Crippen molar-refractivity contribution in [2.75, 3.05) is 26.2 Å². The van der Waals surface area contributed by atoms with Gasteiger partial charge in [-0.05, 0) is 49.4 Å². The molecule has 0 spiro atoms. The molecule has 5 rings (SSSR count). The van der Waals surface area contributed by atoms with Crippen molar-refractivity contribution in [2.45, 2.75) is 63.3 Å². The van der Waals surface area contributed by atoms with Crippen LogP contribution in [0.4, 0.5) is 0 Å². The summed E-state index contributed by atoms with van der Waals surface area (Å²) in [5, 5.41) is 5.77. The van der Waals surface area contributed by atoms with E-state index in [0.29, 0.717) is 24.6 Å². The highest BCUT2D eigenvalue weighted by atomic mass is 16.5. The van der Waals surface area contributed by atoms with Gasteiger partial charge in [-0.25, -0.2) is 0 Å². The van der Waals surface area contributed by atoms with E-state index in [1.807, 2.05) is 18.2 Å². The van der Waals surface area contributed by atoms with Crippen LogP contribution < -0.4 is 15.4 Å². The van der Waals surface area contributed by atoms with Crippen LogP contribution in [-0.4, -0.2) is 71.9 Å². The number of fused-ring (bicyclic) bond motifs is 1. The smallest absolute Gasteiger partial charge is 0.255 e. The van der Waals surface area contributed by atoms with E-state index in [4.69, 9.17) is 4.74 Å². The van der Waals surface area contributed by atoms with Crippen LogP contribution in [0.25, 0.3) is 0 Å². The summed E-state index contributed by atoms with van der Waals surface area (Å²) >= 11 is 0.